The van der Waals surface area contributed by atoms with Gasteiger partial charge in [-0.25, -0.2) is 0 Å². The summed E-state index contributed by atoms with van der Waals surface area (Å²) in [5, 5.41) is 2.13. The fraction of sp³-hybridized carbons (Fsp3) is 0.0556. The maximum absolute atomic E-state index is 5.15. The molecule has 6 heteroatoms. The van der Waals surface area contributed by atoms with E-state index in [9.17, 15) is 0 Å². The second-order valence-electron chi connectivity index (χ2n) is 5.28. The van der Waals surface area contributed by atoms with Crippen molar-refractivity contribution >= 4 is 20.4 Å². The van der Waals surface area contributed by atoms with Crippen molar-refractivity contribution in [2.45, 2.75) is 5.33 Å². The van der Waals surface area contributed by atoms with Gasteiger partial charge in [0.1, 0.15) is 0 Å². The molecular weight excluding hydrogens is 797 g/mol. The van der Waals surface area contributed by atoms with Crippen LogP contribution in [0.25, 0.3) is 27.0 Å². The molecule has 2 nitrogen and oxygen atoms in total. The molecule has 0 atom stereocenters. The molecule has 3 aromatic rings. The normalized spacial score (nSPS) is 11.9. The van der Waals surface area contributed by atoms with Gasteiger partial charge in [0.25, 0.3) is 0 Å². The van der Waals surface area contributed by atoms with Crippen LogP contribution in [0, 0.1) is 26.5 Å². The minimum atomic E-state index is -0.782. The molecule has 2 aromatic carbocycles. The summed E-state index contributed by atoms with van der Waals surface area (Å²) in [7, 11) is 0.722. The van der Waals surface area contributed by atoms with Crippen molar-refractivity contribution in [1.82, 2.24) is 9.97 Å². The Morgan fingerprint density at radius 3 is 2.38 bits per heavy atom. The van der Waals surface area contributed by atoms with Crippen LogP contribution in [0.3, 0.4) is 0 Å². The number of alkyl halides is 1. The van der Waals surface area contributed by atoms with E-state index in [1.54, 1.807) is 0 Å². The van der Waals surface area contributed by atoms with Gasteiger partial charge < -0.3 is 0 Å². The Hall–Kier alpha value is 0.195. The van der Waals surface area contributed by atoms with Crippen LogP contribution in [0.4, 0.5) is 0 Å². The van der Waals surface area contributed by atoms with Gasteiger partial charge in [-0.15, -0.1) is 0 Å². The summed E-state index contributed by atoms with van der Waals surface area (Å²) in [6.07, 6.45) is 0. The number of hydrogen-bond acceptors (Lipinski definition) is 2. The van der Waals surface area contributed by atoms with E-state index < -0.39 is 24.2 Å². The van der Waals surface area contributed by atoms with Crippen LogP contribution in [-0.4, -0.2) is 9.97 Å². The summed E-state index contributed by atoms with van der Waals surface area (Å²) in [5.41, 5.74) is 5.75. The number of fused-ring (bicyclic) bond motifs is 1. The summed E-state index contributed by atoms with van der Waals surface area (Å²) < 4.78 is 3.90. The Labute approximate surface area is 171 Å². The predicted octanol–water partition coefficient (Wildman–Crippen LogP) is 3.79. The van der Waals surface area contributed by atoms with Crippen LogP contribution in [0.15, 0.2) is 54.6 Å². The van der Waals surface area contributed by atoms with E-state index in [0.717, 1.165) is 24.6 Å². The molecule has 1 aromatic heterocycles. The quantitative estimate of drug-likeness (QED) is 0.377. The molecule has 0 spiro atoms. The van der Waals surface area contributed by atoms with Crippen LogP contribution in [0.2, 0.25) is 0 Å². The SMILES string of the molecule is BrCc1ccc(-c2n[c]3c(nc2-c2ccccc2)=[CH][W]=[V][U]=3)cc1. The third-order valence-electron chi connectivity index (χ3n) is 3.72. The van der Waals surface area contributed by atoms with Crippen molar-refractivity contribution in [2.24, 2.45) is 0 Å². The molecule has 0 saturated heterocycles. The van der Waals surface area contributed by atoms with Gasteiger partial charge >= 0.3 is 174 Å². The van der Waals surface area contributed by atoms with Gasteiger partial charge in [0.05, 0.1) is 0 Å². The zero-order valence-corrected chi connectivity index (χ0v) is 22.7. The summed E-state index contributed by atoms with van der Waals surface area (Å²) in [6, 6.07) is 19.2. The Morgan fingerprint density at radius 2 is 1.62 bits per heavy atom. The van der Waals surface area contributed by atoms with Gasteiger partial charge in [0, 0.05) is 0 Å². The number of rotatable bonds is 3. The van der Waals surface area contributed by atoms with E-state index in [-0.39, 0.29) is 15.6 Å². The Morgan fingerprint density at radius 1 is 0.917 bits per heavy atom. The summed E-state index contributed by atoms with van der Waals surface area (Å²) in [4.78, 5) is 10.2. The third-order valence-corrected chi connectivity index (χ3v) is 43.3. The Balaban J connectivity index is 1.98. The first-order valence-corrected chi connectivity index (χ1v) is 26.7. The number of halogens is 1. The summed E-state index contributed by atoms with van der Waals surface area (Å²) in [6.45, 7) is 0. The molecule has 0 radical (unpaired) electrons. The molecule has 2 heterocycles. The zero-order chi connectivity index (χ0) is 16.4. The minimum absolute atomic E-state index is 0.167. The summed E-state index contributed by atoms with van der Waals surface area (Å²) >= 11 is 2.57. The van der Waals surface area contributed by atoms with Gasteiger partial charge in [0.15, 0.2) is 0 Å². The van der Waals surface area contributed by atoms with Crippen LogP contribution in [-0.2, 0) is 28.8 Å². The van der Waals surface area contributed by atoms with Crippen LogP contribution >= 0.6 is 15.9 Å². The van der Waals surface area contributed by atoms with Gasteiger partial charge in [-0.05, 0) is 0 Å². The number of nitrogens with zero attached hydrogens (tertiary/aromatic N) is 2. The molecule has 1 aliphatic heterocycles. The maximum atomic E-state index is 5.15. The third kappa shape index (κ3) is 3.80. The van der Waals surface area contributed by atoms with Gasteiger partial charge in [-0.3, -0.25) is 0 Å². The zero-order valence-electron chi connectivity index (χ0n) is 12.6. The molecule has 4 rings (SSSR count). The average Bonchev–Trinajstić information content (AvgIpc) is 2.68. The number of hydrogen-bond donors (Lipinski definition) is 0. The molecule has 0 unspecified atom stereocenters. The van der Waals surface area contributed by atoms with E-state index in [2.05, 4.69) is 75.0 Å². The second-order valence-corrected chi connectivity index (χ2v) is 44.9. The van der Waals surface area contributed by atoms with Crippen molar-refractivity contribution in [3.8, 4) is 22.5 Å². The van der Waals surface area contributed by atoms with Gasteiger partial charge in [-0.2, -0.15) is 0 Å². The molecule has 0 saturated carbocycles. The van der Waals surface area contributed by atoms with Crippen molar-refractivity contribution < 1.29 is 47.7 Å². The van der Waals surface area contributed by atoms with Crippen LogP contribution in [0.1, 0.15) is 5.56 Å². The van der Waals surface area contributed by atoms with Crippen LogP contribution < -0.4 is 5.35 Å². The second kappa shape index (κ2) is 8.26. The molecule has 0 fully saturated rings. The molecule has 116 valence electrons. The molecule has 0 amide bonds. The molecule has 0 aliphatic carbocycles. The fourth-order valence-electron chi connectivity index (χ4n) is 2.51. The van der Waals surface area contributed by atoms with E-state index in [4.69, 9.17) is 9.97 Å². The monoisotopic (exact) mass is 808 g/mol. The first-order chi connectivity index (χ1) is 11.8. The van der Waals surface area contributed by atoms with E-state index in [0.29, 0.717) is 0 Å². The van der Waals surface area contributed by atoms with Crippen molar-refractivity contribution in [2.75, 3.05) is 0 Å². The first kappa shape index (κ1) is 17.6. The Kier molecular flexibility index (Phi) is 6.06. The van der Waals surface area contributed by atoms with Crippen molar-refractivity contribution in [3.05, 3.63) is 67.8 Å². The number of aromatic nitrogens is 2. The summed E-state index contributed by atoms with van der Waals surface area (Å²) in [5.74, 6) is 0. The molecule has 24 heavy (non-hydrogen) atoms. The Bertz CT molecular complexity index is 1040. The molecule has 1 aliphatic rings. The topological polar surface area (TPSA) is 25.8 Å². The fourth-order valence-corrected chi connectivity index (χ4v) is 41.0. The van der Waals surface area contributed by atoms with Crippen molar-refractivity contribution in [3.63, 3.8) is 0 Å². The van der Waals surface area contributed by atoms with E-state index >= 15 is 0 Å². The van der Waals surface area contributed by atoms with E-state index in [1.807, 2.05) is 0 Å². The van der Waals surface area contributed by atoms with E-state index in [1.165, 1.54) is 24.3 Å². The molecule has 0 N–H and O–H groups in total. The molecular formula is C18H12BrN2UVW. The van der Waals surface area contributed by atoms with Crippen molar-refractivity contribution in [1.29, 1.82) is 0 Å². The number of benzene rings is 2. The molecule has 0 bridgehead atoms. The van der Waals surface area contributed by atoms with Crippen LogP contribution in [0.5, 0.6) is 0 Å². The standard InChI is InChI=1S/C18H12BrN2.U.V.W/c1-13-12-20-17(16-9-7-14(11-19)8-10-16)18(21-13)15-5-3-2-4-6-15;;;/h1-10H,11H2;;;. The first-order valence-electron chi connectivity index (χ1n) is 7.43. The average molecular weight is 809 g/mol. The van der Waals surface area contributed by atoms with Gasteiger partial charge in [-0.1, -0.05) is 0 Å². The predicted molar refractivity (Wildman–Crippen MR) is 88.5 cm³/mol. The van der Waals surface area contributed by atoms with Gasteiger partial charge in [0.2, 0.25) is 0 Å².